The SMILES string of the molecule is O=C(Nc1ccc([C@@H]2C[C@H]2NCCCc2ccccc2)cc1)c1ccccc1. The van der Waals surface area contributed by atoms with Crippen LogP contribution in [-0.2, 0) is 6.42 Å². The lowest BCUT2D eigenvalue weighted by molar-refractivity contribution is 0.102. The summed E-state index contributed by atoms with van der Waals surface area (Å²) >= 11 is 0. The summed E-state index contributed by atoms with van der Waals surface area (Å²) in [5, 5.41) is 6.63. The molecule has 3 aromatic carbocycles. The zero-order valence-electron chi connectivity index (χ0n) is 16.0. The molecule has 1 aliphatic carbocycles. The standard InChI is InChI=1S/C25H26N2O/c28-25(21-11-5-2-6-12-21)27-22-15-13-20(14-16-22)23-18-24(23)26-17-7-10-19-8-3-1-4-9-19/h1-6,8-9,11-16,23-24,26H,7,10,17-18H2,(H,27,28)/t23-,24+/m0/s1. The van der Waals surface area contributed by atoms with Gasteiger partial charge in [-0.25, -0.2) is 0 Å². The molecule has 0 heterocycles. The Morgan fingerprint density at radius 2 is 1.54 bits per heavy atom. The van der Waals surface area contributed by atoms with Gasteiger partial charge in [-0.3, -0.25) is 4.79 Å². The fourth-order valence-electron chi connectivity index (χ4n) is 3.62. The lowest BCUT2D eigenvalue weighted by Crippen LogP contribution is -2.19. The lowest BCUT2D eigenvalue weighted by atomic mass is 10.1. The second-order valence-electron chi connectivity index (χ2n) is 7.43. The van der Waals surface area contributed by atoms with E-state index in [-0.39, 0.29) is 5.91 Å². The van der Waals surface area contributed by atoms with Crippen molar-refractivity contribution in [3.63, 3.8) is 0 Å². The summed E-state index contributed by atoms with van der Waals surface area (Å²) < 4.78 is 0. The lowest BCUT2D eigenvalue weighted by Gasteiger charge is -2.07. The number of nitrogens with one attached hydrogen (secondary N) is 2. The summed E-state index contributed by atoms with van der Waals surface area (Å²) in [6.45, 7) is 1.06. The van der Waals surface area contributed by atoms with Crippen molar-refractivity contribution in [2.75, 3.05) is 11.9 Å². The smallest absolute Gasteiger partial charge is 0.255 e. The molecule has 0 unspecified atom stereocenters. The Morgan fingerprint density at radius 1 is 0.857 bits per heavy atom. The highest BCUT2D eigenvalue weighted by Crippen LogP contribution is 2.41. The van der Waals surface area contributed by atoms with E-state index in [1.807, 2.05) is 42.5 Å². The van der Waals surface area contributed by atoms with Gasteiger partial charge >= 0.3 is 0 Å². The van der Waals surface area contributed by atoms with E-state index in [0.29, 0.717) is 17.5 Å². The summed E-state index contributed by atoms with van der Waals surface area (Å²) in [4.78, 5) is 12.2. The second-order valence-corrected chi connectivity index (χ2v) is 7.43. The van der Waals surface area contributed by atoms with Crippen molar-refractivity contribution in [3.8, 4) is 0 Å². The van der Waals surface area contributed by atoms with Crippen molar-refractivity contribution in [3.05, 3.63) is 102 Å². The van der Waals surface area contributed by atoms with Gasteiger partial charge < -0.3 is 10.6 Å². The van der Waals surface area contributed by atoms with Crippen LogP contribution in [0.3, 0.4) is 0 Å². The Kier molecular flexibility index (Phi) is 5.83. The second kappa shape index (κ2) is 8.85. The summed E-state index contributed by atoms with van der Waals surface area (Å²) in [7, 11) is 0. The molecule has 2 N–H and O–H groups in total. The van der Waals surface area contributed by atoms with E-state index in [9.17, 15) is 4.79 Å². The number of carbonyl (C=O) groups is 1. The van der Waals surface area contributed by atoms with E-state index < -0.39 is 0 Å². The molecule has 3 heteroatoms. The predicted molar refractivity (Wildman–Crippen MR) is 115 cm³/mol. The van der Waals surface area contributed by atoms with E-state index >= 15 is 0 Å². The number of aryl methyl sites for hydroxylation is 1. The van der Waals surface area contributed by atoms with Gasteiger partial charge in [-0.2, -0.15) is 0 Å². The first kappa shape index (κ1) is 18.5. The molecule has 1 saturated carbocycles. The van der Waals surface area contributed by atoms with E-state index in [2.05, 4.69) is 53.1 Å². The molecule has 0 bridgehead atoms. The predicted octanol–water partition coefficient (Wildman–Crippen LogP) is 5.02. The van der Waals surface area contributed by atoms with Gasteiger partial charge in [0.1, 0.15) is 0 Å². The third-order valence-corrected chi connectivity index (χ3v) is 5.31. The Balaban J connectivity index is 1.21. The Labute approximate surface area is 166 Å². The van der Waals surface area contributed by atoms with E-state index in [1.54, 1.807) is 0 Å². The summed E-state index contributed by atoms with van der Waals surface area (Å²) in [6, 6.07) is 28.8. The number of anilines is 1. The van der Waals surface area contributed by atoms with Crippen molar-refractivity contribution in [1.29, 1.82) is 0 Å². The first-order valence-corrected chi connectivity index (χ1v) is 10.0. The normalized spacial score (nSPS) is 17.9. The first-order valence-electron chi connectivity index (χ1n) is 10.0. The molecule has 0 aliphatic heterocycles. The maximum Gasteiger partial charge on any atom is 0.255 e. The number of carbonyl (C=O) groups excluding carboxylic acids is 1. The Morgan fingerprint density at radius 3 is 2.25 bits per heavy atom. The van der Waals surface area contributed by atoms with Crippen LogP contribution in [0.5, 0.6) is 0 Å². The minimum Gasteiger partial charge on any atom is -0.322 e. The molecule has 0 spiro atoms. The molecular weight excluding hydrogens is 344 g/mol. The third-order valence-electron chi connectivity index (χ3n) is 5.31. The van der Waals surface area contributed by atoms with Gasteiger partial charge in [0.15, 0.2) is 0 Å². The van der Waals surface area contributed by atoms with E-state index in [1.165, 1.54) is 17.5 Å². The van der Waals surface area contributed by atoms with Gasteiger partial charge in [-0.1, -0.05) is 60.7 Å². The van der Waals surface area contributed by atoms with Gasteiger partial charge in [-0.05, 0) is 61.2 Å². The third kappa shape index (κ3) is 4.87. The molecule has 142 valence electrons. The molecule has 0 radical (unpaired) electrons. The van der Waals surface area contributed by atoms with E-state index in [0.717, 1.165) is 25.1 Å². The van der Waals surface area contributed by atoms with Gasteiger partial charge in [0.05, 0.1) is 0 Å². The van der Waals surface area contributed by atoms with Crippen LogP contribution in [0.1, 0.15) is 40.2 Å². The number of hydrogen-bond donors (Lipinski definition) is 2. The quantitative estimate of drug-likeness (QED) is 0.547. The van der Waals surface area contributed by atoms with Crippen LogP contribution in [0, 0.1) is 0 Å². The molecule has 28 heavy (non-hydrogen) atoms. The fraction of sp³-hybridized carbons (Fsp3) is 0.240. The molecule has 1 aliphatic rings. The zero-order valence-corrected chi connectivity index (χ0v) is 16.0. The largest absolute Gasteiger partial charge is 0.322 e. The molecule has 0 aromatic heterocycles. The topological polar surface area (TPSA) is 41.1 Å². The minimum atomic E-state index is -0.0715. The van der Waals surface area contributed by atoms with Crippen LogP contribution in [-0.4, -0.2) is 18.5 Å². The van der Waals surface area contributed by atoms with Crippen molar-refractivity contribution in [2.45, 2.75) is 31.2 Å². The number of benzene rings is 3. The van der Waals surface area contributed by atoms with Gasteiger partial charge in [0, 0.05) is 23.2 Å². The highest BCUT2D eigenvalue weighted by molar-refractivity contribution is 6.04. The molecule has 0 saturated heterocycles. The zero-order chi connectivity index (χ0) is 19.2. The molecule has 2 atom stereocenters. The summed E-state index contributed by atoms with van der Waals surface area (Å²) in [5.74, 6) is 0.522. The first-order chi connectivity index (χ1) is 13.8. The highest BCUT2D eigenvalue weighted by atomic mass is 16.1. The molecule has 4 rings (SSSR count). The molecule has 3 aromatic rings. The summed E-state index contributed by atoms with van der Waals surface area (Å²) in [5.41, 5.74) is 4.27. The maximum atomic E-state index is 12.2. The van der Waals surface area contributed by atoms with Gasteiger partial charge in [0.2, 0.25) is 0 Å². The van der Waals surface area contributed by atoms with Crippen LogP contribution in [0.15, 0.2) is 84.9 Å². The minimum absolute atomic E-state index is 0.0715. The van der Waals surface area contributed by atoms with Crippen molar-refractivity contribution in [2.24, 2.45) is 0 Å². The molecular formula is C25H26N2O. The van der Waals surface area contributed by atoms with Gasteiger partial charge in [0.25, 0.3) is 5.91 Å². The molecule has 1 amide bonds. The number of hydrogen-bond acceptors (Lipinski definition) is 2. The average molecular weight is 370 g/mol. The monoisotopic (exact) mass is 370 g/mol. The van der Waals surface area contributed by atoms with Crippen molar-refractivity contribution in [1.82, 2.24) is 5.32 Å². The van der Waals surface area contributed by atoms with Crippen LogP contribution in [0.4, 0.5) is 5.69 Å². The highest BCUT2D eigenvalue weighted by Gasteiger charge is 2.37. The Bertz CT molecular complexity index is 891. The molecule has 3 nitrogen and oxygen atoms in total. The fourth-order valence-corrected chi connectivity index (χ4v) is 3.62. The number of rotatable bonds is 8. The number of amides is 1. The Hall–Kier alpha value is -2.91. The van der Waals surface area contributed by atoms with Crippen LogP contribution in [0.25, 0.3) is 0 Å². The molecule has 1 fully saturated rings. The maximum absolute atomic E-state index is 12.2. The average Bonchev–Trinajstić information content (AvgIpc) is 3.53. The van der Waals surface area contributed by atoms with Crippen molar-refractivity contribution >= 4 is 11.6 Å². The van der Waals surface area contributed by atoms with Crippen LogP contribution in [0.2, 0.25) is 0 Å². The van der Waals surface area contributed by atoms with Crippen LogP contribution < -0.4 is 10.6 Å². The van der Waals surface area contributed by atoms with E-state index in [4.69, 9.17) is 0 Å². The van der Waals surface area contributed by atoms with Gasteiger partial charge in [-0.15, -0.1) is 0 Å². The van der Waals surface area contributed by atoms with Crippen LogP contribution >= 0.6 is 0 Å². The summed E-state index contributed by atoms with van der Waals surface area (Å²) in [6.07, 6.45) is 3.49. The van der Waals surface area contributed by atoms with Crippen molar-refractivity contribution < 1.29 is 4.79 Å².